The first-order valence-corrected chi connectivity index (χ1v) is 15.3. The maximum atomic E-state index is 5.55. The first-order valence-electron chi connectivity index (χ1n) is 8.03. The van der Waals surface area contributed by atoms with E-state index in [0.29, 0.717) is 12.5 Å². The summed E-state index contributed by atoms with van der Waals surface area (Å²) >= 11 is 5.41. The van der Waals surface area contributed by atoms with Gasteiger partial charge in [-0.3, -0.25) is 0 Å². The second-order valence-corrected chi connectivity index (χ2v) is 18.5. The molecule has 0 aromatic heterocycles. The van der Waals surface area contributed by atoms with Gasteiger partial charge in [-0.15, -0.1) is 0 Å². The molecule has 0 saturated heterocycles. The van der Waals surface area contributed by atoms with Crippen LogP contribution in [0.25, 0.3) is 0 Å². The molecule has 1 fully saturated rings. The summed E-state index contributed by atoms with van der Waals surface area (Å²) < 4.78 is 8.52. The van der Waals surface area contributed by atoms with Gasteiger partial charge < -0.3 is 8.97 Å². The molecule has 0 unspecified atom stereocenters. The first kappa shape index (κ1) is 18.3. The molecular formula is C15H33NOSSi2. The second-order valence-electron chi connectivity index (χ2n) is 7.97. The van der Waals surface area contributed by atoms with Gasteiger partial charge in [0.05, 0.1) is 6.61 Å². The number of rotatable bonds is 5. The fraction of sp³-hybridized carbons (Fsp3) is 0.933. The molecule has 0 N–H and O–H groups in total. The van der Waals surface area contributed by atoms with Crippen molar-refractivity contribution in [3.63, 3.8) is 0 Å². The average molecular weight is 332 g/mol. The zero-order chi connectivity index (χ0) is 15.6. The lowest BCUT2D eigenvalue weighted by Gasteiger charge is -2.50. The van der Waals surface area contributed by atoms with Crippen LogP contribution in [0.15, 0.2) is 0 Å². The summed E-state index contributed by atoms with van der Waals surface area (Å²) in [5, 5.41) is 0.860. The maximum Gasteiger partial charge on any atom is 0.162 e. The van der Waals surface area contributed by atoms with Gasteiger partial charge in [-0.25, -0.2) is 0 Å². The van der Waals surface area contributed by atoms with Crippen molar-refractivity contribution in [2.24, 2.45) is 5.92 Å². The first-order chi connectivity index (χ1) is 9.07. The summed E-state index contributed by atoms with van der Waals surface area (Å²) in [6, 6.07) is 0.786. The van der Waals surface area contributed by atoms with E-state index in [-0.39, 0.29) is 0 Å². The van der Waals surface area contributed by atoms with E-state index in [1.54, 1.807) is 0 Å². The molecule has 0 aromatic carbocycles. The summed E-state index contributed by atoms with van der Waals surface area (Å²) in [5.41, 5.74) is 0. The molecule has 0 atom stereocenters. The lowest BCUT2D eigenvalue weighted by atomic mass is 9.87. The van der Waals surface area contributed by atoms with E-state index in [9.17, 15) is 0 Å². The molecule has 0 bridgehead atoms. The summed E-state index contributed by atoms with van der Waals surface area (Å²) in [5.74, 6) is 0.520. The van der Waals surface area contributed by atoms with E-state index >= 15 is 0 Å². The predicted molar refractivity (Wildman–Crippen MR) is 98.5 cm³/mol. The topological polar surface area (TPSA) is 12.5 Å². The summed E-state index contributed by atoms with van der Waals surface area (Å²) in [4.78, 5) is 0. The smallest absolute Gasteiger partial charge is 0.162 e. The molecular weight excluding hydrogens is 298 g/mol. The Balaban J connectivity index is 2.69. The van der Waals surface area contributed by atoms with Gasteiger partial charge >= 0.3 is 0 Å². The van der Waals surface area contributed by atoms with E-state index < -0.39 is 16.5 Å². The van der Waals surface area contributed by atoms with Crippen molar-refractivity contribution >= 4 is 33.7 Å². The van der Waals surface area contributed by atoms with E-state index in [1.165, 1.54) is 25.7 Å². The van der Waals surface area contributed by atoms with Crippen LogP contribution in [0.1, 0.15) is 32.6 Å². The zero-order valence-corrected chi connectivity index (χ0v) is 17.3. The lowest BCUT2D eigenvalue weighted by Crippen LogP contribution is -2.63. The van der Waals surface area contributed by atoms with Crippen LogP contribution in [-0.2, 0) is 4.74 Å². The minimum absolute atomic E-state index is 0.520. The molecule has 0 radical (unpaired) electrons. The Labute approximate surface area is 133 Å². The van der Waals surface area contributed by atoms with Crippen LogP contribution < -0.4 is 0 Å². The van der Waals surface area contributed by atoms with Crippen molar-refractivity contribution < 1.29 is 4.74 Å². The van der Waals surface area contributed by atoms with E-state index in [4.69, 9.17) is 17.0 Å². The van der Waals surface area contributed by atoms with Gasteiger partial charge in [-0.1, -0.05) is 39.3 Å². The van der Waals surface area contributed by atoms with Crippen LogP contribution >= 0.6 is 12.2 Å². The van der Waals surface area contributed by atoms with Crippen molar-refractivity contribution in [3.05, 3.63) is 0 Å². The zero-order valence-electron chi connectivity index (χ0n) is 14.5. The third kappa shape index (κ3) is 4.93. The maximum absolute atomic E-state index is 5.55. The molecule has 0 amide bonds. The van der Waals surface area contributed by atoms with E-state index in [1.807, 2.05) is 6.92 Å². The third-order valence-corrected chi connectivity index (χ3v) is 12.2. The highest BCUT2D eigenvalue weighted by Gasteiger charge is 2.40. The summed E-state index contributed by atoms with van der Waals surface area (Å²) in [6.07, 6.45) is 5.03. The summed E-state index contributed by atoms with van der Waals surface area (Å²) in [7, 11) is -2.49. The normalized spacial score (nSPS) is 24.8. The molecule has 2 nitrogen and oxygen atoms in total. The Morgan fingerprint density at radius 2 is 1.45 bits per heavy atom. The van der Waals surface area contributed by atoms with Crippen molar-refractivity contribution in [2.75, 3.05) is 6.61 Å². The van der Waals surface area contributed by atoms with Gasteiger partial charge in [0, 0.05) is 5.92 Å². The highest BCUT2D eigenvalue weighted by Crippen LogP contribution is 2.34. The van der Waals surface area contributed by atoms with Gasteiger partial charge in [0.1, 0.15) is 16.5 Å². The van der Waals surface area contributed by atoms with Crippen molar-refractivity contribution in [1.82, 2.24) is 4.23 Å². The van der Waals surface area contributed by atoms with Gasteiger partial charge in [0.25, 0.3) is 0 Å². The Morgan fingerprint density at radius 3 is 1.80 bits per heavy atom. The van der Waals surface area contributed by atoms with Gasteiger partial charge in [0.2, 0.25) is 0 Å². The predicted octanol–water partition coefficient (Wildman–Crippen LogP) is 4.88. The molecule has 1 aliphatic carbocycles. The number of thiocarbonyl (C=S) groups is 1. The van der Waals surface area contributed by atoms with Crippen LogP contribution in [0.5, 0.6) is 0 Å². The quantitative estimate of drug-likeness (QED) is 0.526. The number of ether oxygens (including phenoxy) is 1. The largest absolute Gasteiger partial charge is 0.487 e. The molecule has 0 spiro atoms. The molecule has 0 heterocycles. The Kier molecular flexibility index (Phi) is 6.44. The van der Waals surface area contributed by atoms with Crippen LogP contribution in [-0.4, -0.2) is 38.4 Å². The second kappa shape index (κ2) is 7.03. The molecule has 1 saturated carbocycles. The minimum Gasteiger partial charge on any atom is -0.487 e. The molecule has 0 aromatic rings. The lowest BCUT2D eigenvalue weighted by molar-refractivity contribution is 0.255. The molecule has 0 aliphatic heterocycles. The molecule has 118 valence electrons. The monoisotopic (exact) mass is 331 g/mol. The van der Waals surface area contributed by atoms with Crippen LogP contribution in [0.4, 0.5) is 0 Å². The number of hydrogen-bond donors (Lipinski definition) is 0. The average Bonchev–Trinajstić information content (AvgIpc) is 2.26. The van der Waals surface area contributed by atoms with Crippen LogP contribution in [0, 0.1) is 5.92 Å². The van der Waals surface area contributed by atoms with E-state index in [0.717, 1.165) is 11.1 Å². The fourth-order valence-corrected chi connectivity index (χ4v) is 15.0. The SMILES string of the molecule is CCOC(=S)C1CCC(N([Si](C)(C)C)[Si](C)(C)C)CC1. The number of nitrogens with zero attached hydrogens (tertiary/aromatic N) is 1. The Morgan fingerprint density at radius 1 is 1.00 bits per heavy atom. The van der Waals surface area contributed by atoms with E-state index in [2.05, 4.69) is 43.5 Å². The van der Waals surface area contributed by atoms with Gasteiger partial charge in [-0.05, 0) is 50.9 Å². The Hall–Kier alpha value is 0.284. The molecule has 5 heteroatoms. The van der Waals surface area contributed by atoms with Gasteiger partial charge in [0.15, 0.2) is 5.05 Å². The third-order valence-electron chi connectivity index (χ3n) is 4.13. The minimum atomic E-state index is -1.24. The summed E-state index contributed by atoms with van der Waals surface area (Å²) in [6.45, 7) is 17.8. The fourth-order valence-electron chi connectivity index (χ4n) is 3.93. The van der Waals surface area contributed by atoms with Crippen molar-refractivity contribution in [3.8, 4) is 0 Å². The number of hydrogen-bond acceptors (Lipinski definition) is 3. The van der Waals surface area contributed by atoms with Crippen molar-refractivity contribution in [1.29, 1.82) is 0 Å². The van der Waals surface area contributed by atoms with Gasteiger partial charge in [-0.2, -0.15) is 0 Å². The molecule has 1 rings (SSSR count). The standard InChI is InChI=1S/C15H33NOSSi2/c1-8-17-15(18)13-9-11-14(12-10-13)16(19(2,3)4)20(5,6)7/h13-14H,8-12H2,1-7H3. The van der Waals surface area contributed by atoms with Crippen LogP contribution in [0.2, 0.25) is 39.3 Å². The molecule has 20 heavy (non-hydrogen) atoms. The highest BCUT2D eigenvalue weighted by molar-refractivity contribution is 7.80. The highest BCUT2D eigenvalue weighted by atomic mass is 32.1. The van der Waals surface area contributed by atoms with Crippen molar-refractivity contribution in [2.45, 2.75) is 77.9 Å². The van der Waals surface area contributed by atoms with Crippen LogP contribution in [0.3, 0.4) is 0 Å². The Bertz CT molecular complexity index is 314. The molecule has 1 aliphatic rings.